The SMILES string of the molecule is Cc1nc(N(C)C)sc1C(=O)N[C@@H]1CCN(c2ncccc2F)C1. The van der Waals surface area contributed by atoms with E-state index in [0.29, 0.717) is 23.8 Å². The quantitative estimate of drug-likeness (QED) is 0.915. The van der Waals surface area contributed by atoms with E-state index in [1.165, 1.54) is 17.4 Å². The molecule has 128 valence electrons. The van der Waals surface area contributed by atoms with Crippen LogP contribution in [0.3, 0.4) is 0 Å². The number of nitrogens with zero attached hydrogens (tertiary/aromatic N) is 4. The van der Waals surface area contributed by atoms with Gasteiger partial charge in [0, 0.05) is 39.4 Å². The van der Waals surface area contributed by atoms with Crippen LogP contribution in [-0.2, 0) is 0 Å². The van der Waals surface area contributed by atoms with Crippen LogP contribution in [0.2, 0.25) is 0 Å². The zero-order valence-corrected chi connectivity index (χ0v) is 14.7. The molecule has 1 aliphatic rings. The number of halogens is 1. The number of carbonyl (C=O) groups excluding carboxylic acids is 1. The number of hydrogen-bond acceptors (Lipinski definition) is 6. The summed E-state index contributed by atoms with van der Waals surface area (Å²) in [7, 11) is 3.80. The van der Waals surface area contributed by atoms with Crippen molar-refractivity contribution in [2.24, 2.45) is 0 Å². The lowest BCUT2D eigenvalue weighted by Crippen LogP contribution is -2.37. The minimum atomic E-state index is -0.335. The van der Waals surface area contributed by atoms with E-state index in [1.54, 1.807) is 12.3 Å². The molecular formula is C16H20FN5OS. The van der Waals surface area contributed by atoms with Crippen LogP contribution in [0.5, 0.6) is 0 Å². The van der Waals surface area contributed by atoms with Crippen molar-refractivity contribution in [1.82, 2.24) is 15.3 Å². The number of aryl methyl sites for hydroxylation is 1. The summed E-state index contributed by atoms with van der Waals surface area (Å²) in [6, 6.07) is 2.95. The summed E-state index contributed by atoms with van der Waals surface area (Å²) in [6.45, 7) is 3.06. The Bertz CT molecular complexity index is 748. The molecule has 24 heavy (non-hydrogen) atoms. The number of pyridine rings is 1. The minimum absolute atomic E-state index is 0.0248. The van der Waals surface area contributed by atoms with Crippen LogP contribution >= 0.6 is 11.3 Å². The number of aromatic nitrogens is 2. The number of amides is 1. The molecule has 0 unspecified atom stereocenters. The van der Waals surface area contributed by atoms with E-state index in [0.717, 1.165) is 17.2 Å². The van der Waals surface area contributed by atoms with E-state index in [9.17, 15) is 9.18 Å². The molecule has 2 aromatic rings. The second-order valence-corrected chi connectivity index (χ2v) is 7.00. The lowest BCUT2D eigenvalue weighted by atomic mass is 10.2. The average molecular weight is 349 g/mol. The maximum absolute atomic E-state index is 13.8. The zero-order valence-electron chi connectivity index (χ0n) is 13.9. The first-order valence-corrected chi connectivity index (χ1v) is 8.58. The minimum Gasteiger partial charge on any atom is -0.354 e. The Balaban J connectivity index is 1.65. The van der Waals surface area contributed by atoms with Crippen molar-refractivity contribution >= 4 is 28.2 Å². The topological polar surface area (TPSA) is 61.4 Å². The zero-order chi connectivity index (χ0) is 17.3. The van der Waals surface area contributed by atoms with Crippen LogP contribution in [0.15, 0.2) is 18.3 Å². The Morgan fingerprint density at radius 1 is 1.50 bits per heavy atom. The maximum Gasteiger partial charge on any atom is 0.263 e. The Labute approximate surface area is 144 Å². The summed E-state index contributed by atoms with van der Waals surface area (Å²) >= 11 is 1.38. The molecule has 8 heteroatoms. The van der Waals surface area contributed by atoms with Gasteiger partial charge in [0.15, 0.2) is 16.8 Å². The van der Waals surface area contributed by atoms with E-state index in [2.05, 4.69) is 15.3 Å². The summed E-state index contributed by atoms with van der Waals surface area (Å²) < 4.78 is 13.8. The van der Waals surface area contributed by atoms with Gasteiger partial charge in [0.05, 0.1) is 5.69 Å². The third kappa shape index (κ3) is 3.33. The molecule has 1 saturated heterocycles. The molecule has 1 atom stereocenters. The summed E-state index contributed by atoms with van der Waals surface area (Å²) in [5.41, 5.74) is 0.729. The lowest BCUT2D eigenvalue weighted by molar-refractivity contribution is 0.0943. The highest BCUT2D eigenvalue weighted by Crippen LogP contribution is 2.25. The van der Waals surface area contributed by atoms with Crippen LogP contribution in [0.25, 0.3) is 0 Å². The number of anilines is 2. The Morgan fingerprint density at radius 3 is 2.96 bits per heavy atom. The first kappa shape index (κ1) is 16.6. The van der Waals surface area contributed by atoms with Gasteiger partial charge in [0.2, 0.25) is 0 Å². The van der Waals surface area contributed by atoms with Gasteiger partial charge < -0.3 is 15.1 Å². The van der Waals surface area contributed by atoms with Gasteiger partial charge in [0.25, 0.3) is 5.91 Å². The third-order valence-electron chi connectivity index (χ3n) is 3.94. The monoisotopic (exact) mass is 349 g/mol. The third-order valence-corrected chi connectivity index (χ3v) is 5.26. The number of rotatable bonds is 4. The molecule has 0 aliphatic carbocycles. The largest absolute Gasteiger partial charge is 0.354 e. The van der Waals surface area contributed by atoms with Gasteiger partial charge in [-0.3, -0.25) is 4.79 Å². The summed E-state index contributed by atoms with van der Waals surface area (Å²) in [5.74, 6) is -0.108. The molecule has 1 N–H and O–H groups in total. The van der Waals surface area contributed by atoms with Crippen molar-refractivity contribution in [2.45, 2.75) is 19.4 Å². The van der Waals surface area contributed by atoms with Crippen LogP contribution in [0.1, 0.15) is 21.8 Å². The first-order valence-electron chi connectivity index (χ1n) is 7.76. The van der Waals surface area contributed by atoms with Crippen LogP contribution in [0, 0.1) is 12.7 Å². The molecule has 1 aliphatic heterocycles. The van der Waals surface area contributed by atoms with Crippen molar-refractivity contribution in [3.8, 4) is 0 Å². The molecule has 1 fully saturated rings. The average Bonchev–Trinajstić information content (AvgIpc) is 3.14. The fraction of sp³-hybridized carbons (Fsp3) is 0.438. The Hall–Kier alpha value is -2.22. The van der Waals surface area contributed by atoms with E-state index in [4.69, 9.17) is 0 Å². The van der Waals surface area contributed by atoms with Gasteiger partial charge in [-0.2, -0.15) is 0 Å². The highest BCUT2D eigenvalue weighted by Gasteiger charge is 2.28. The van der Waals surface area contributed by atoms with Crippen molar-refractivity contribution < 1.29 is 9.18 Å². The predicted octanol–water partition coefficient (Wildman–Crippen LogP) is 2.06. The van der Waals surface area contributed by atoms with Gasteiger partial charge >= 0.3 is 0 Å². The van der Waals surface area contributed by atoms with Crippen molar-refractivity contribution in [1.29, 1.82) is 0 Å². The van der Waals surface area contributed by atoms with Gasteiger partial charge in [-0.05, 0) is 25.5 Å². The number of nitrogens with one attached hydrogen (secondary N) is 1. The summed E-state index contributed by atoms with van der Waals surface area (Å²) in [6.07, 6.45) is 2.34. The molecule has 3 rings (SSSR count). The molecule has 2 aromatic heterocycles. The molecule has 0 bridgehead atoms. The van der Waals surface area contributed by atoms with Gasteiger partial charge in [0.1, 0.15) is 4.88 Å². The van der Waals surface area contributed by atoms with Gasteiger partial charge in [-0.15, -0.1) is 0 Å². The Kier molecular flexibility index (Phi) is 4.66. The predicted molar refractivity (Wildman–Crippen MR) is 93.5 cm³/mol. The smallest absolute Gasteiger partial charge is 0.263 e. The molecule has 0 saturated carbocycles. The maximum atomic E-state index is 13.8. The van der Waals surface area contributed by atoms with Gasteiger partial charge in [-0.1, -0.05) is 11.3 Å². The van der Waals surface area contributed by atoms with Crippen molar-refractivity contribution in [3.05, 3.63) is 34.7 Å². The highest BCUT2D eigenvalue weighted by molar-refractivity contribution is 7.17. The Morgan fingerprint density at radius 2 is 2.29 bits per heavy atom. The molecule has 1 amide bonds. The summed E-state index contributed by atoms with van der Waals surface area (Å²) in [5, 5.41) is 3.84. The van der Waals surface area contributed by atoms with E-state index in [1.807, 2.05) is 30.8 Å². The van der Waals surface area contributed by atoms with Crippen LogP contribution in [-0.4, -0.2) is 49.1 Å². The standard InChI is InChI=1S/C16H20FN5OS/c1-10-13(24-16(19-10)21(2)3)15(23)20-11-6-8-22(9-11)14-12(17)5-4-7-18-14/h4-5,7,11H,6,8-9H2,1-3H3,(H,20,23)/t11-/m1/s1. The molecule has 3 heterocycles. The number of thiazole rings is 1. The summed E-state index contributed by atoms with van der Waals surface area (Å²) in [4.78, 5) is 25.4. The van der Waals surface area contributed by atoms with Crippen LogP contribution < -0.4 is 15.1 Å². The number of hydrogen-bond donors (Lipinski definition) is 1. The second-order valence-electron chi connectivity index (χ2n) is 6.02. The van der Waals surface area contributed by atoms with E-state index < -0.39 is 0 Å². The lowest BCUT2D eigenvalue weighted by Gasteiger charge is -2.18. The van der Waals surface area contributed by atoms with Crippen molar-refractivity contribution in [3.63, 3.8) is 0 Å². The molecule has 0 radical (unpaired) electrons. The molecule has 0 aromatic carbocycles. The van der Waals surface area contributed by atoms with Gasteiger partial charge in [-0.25, -0.2) is 14.4 Å². The van der Waals surface area contributed by atoms with Crippen molar-refractivity contribution in [2.75, 3.05) is 37.0 Å². The molecule has 6 nitrogen and oxygen atoms in total. The first-order chi connectivity index (χ1) is 11.5. The number of carbonyl (C=O) groups is 1. The van der Waals surface area contributed by atoms with E-state index in [-0.39, 0.29) is 17.8 Å². The molecule has 0 spiro atoms. The van der Waals surface area contributed by atoms with E-state index >= 15 is 0 Å². The fourth-order valence-corrected chi connectivity index (χ4v) is 3.61. The second kappa shape index (κ2) is 6.72. The molecular weight excluding hydrogens is 329 g/mol. The normalized spacial score (nSPS) is 17.2. The highest BCUT2D eigenvalue weighted by atomic mass is 32.1. The van der Waals surface area contributed by atoms with Crippen LogP contribution in [0.4, 0.5) is 15.3 Å². The fourth-order valence-electron chi connectivity index (χ4n) is 2.72.